The van der Waals surface area contributed by atoms with E-state index in [1.807, 2.05) is 24.3 Å². The lowest BCUT2D eigenvalue weighted by Crippen LogP contribution is -2.51. The number of carbonyl (C=O) groups excluding carboxylic acids is 1. The summed E-state index contributed by atoms with van der Waals surface area (Å²) in [6.45, 7) is 4.79. The second-order valence-electron chi connectivity index (χ2n) is 4.62. The molecule has 2 N–H and O–H groups in total. The molecule has 1 heterocycles. The lowest BCUT2D eigenvalue weighted by Gasteiger charge is -2.38. The first-order valence-electron chi connectivity index (χ1n) is 6.59. The predicted molar refractivity (Wildman–Crippen MR) is 76.5 cm³/mol. The summed E-state index contributed by atoms with van der Waals surface area (Å²) in [5.74, 6) is -0.0787. The highest BCUT2D eigenvalue weighted by Crippen LogP contribution is 2.32. The predicted octanol–water partition coefficient (Wildman–Crippen LogP) is 0.833. The molecular formula is C14H21N3O2. The second-order valence-corrected chi connectivity index (χ2v) is 4.62. The van der Waals surface area contributed by atoms with Gasteiger partial charge < -0.3 is 20.3 Å². The van der Waals surface area contributed by atoms with Crippen molar-refractivity contribution in [3.63, 3.8) is 0 Å². The Hall–Kier alpha value is -1.59. The molecule has 1 aliphatic heterocycles. The number of amides is 1. The van der Waals surface area contributed by atoms with Gasteiger partial charge in [-0.05, 0) is 19.1 Å². The van der Waals surface area contributed by atoms with E-state index in [1.165, 1.54) is 0 Å². The number of fused-ring (bicyclic) bond motifs is 1. The Kier molecular flexibility index (Phi) is 4.39. The van der Waals surface area contributed by atoms with E-state index in [1.54, 1.807) is 12.0 Å². The molecule has 1 aromatic rings. The quantitative estimate of drug-likeness (QED) is 0.874. The number of nitrogens with zero attached hydrogens (tertiary/aromatic N) is 2. The number of rotatable bonds is 4. The number of likely N-dealkylation sites (N-methyl/N-ethyl adjacent to an activating group) is 1. The standard InChI is InChI=1S/C14H21N3O2/c1-3-16-8-9-17(14(18)11(15)10-19-2)13-7-5-4-6-12(13)16/h4-7,11H,3,8-10,15H2,1-2H3. The lowest BCUT2D eigenvalue weighted by molar-refractivity contribution is -0.120. The van der Waals surface area contributed by atoms with Gasteiger partial charge in [0.2, 0.25) is 5.91 Å². The van der Waals surface area contributed by atoms with Gasteiger partial charge in [-0.15, -0.1) is 0 Å². The van der Waals surface area contributed by atoms with E-state index < -0.39 is 6.04 Å². The Morgan fingerprint density at radius 2 is 2.05 bits per heavy atom. The monoisotopic (exact) mass is 263 g/mol. The van der Waals surface area contributed by atoms with E-state index in [0.717, 1.165) is 24.5 Å². The number of hydrogen-bond acceptors (Lipinski definition) is 4. The molecule has 0 saturated heterocycles. The first-order valence-corrected chi connectivity index (χ1v) is 6.59. The summed E-state index contributed by atoms with van der Waals surface area (Å²) in [4.78, 5) is 16.4. The summed E-state index contributed by atoms with van der Waals surface area (Å²) in [7, 11) is 1.55. The van der Waals surface area contributed by atoms with Crippen LogP contribution in [0.4, 0.5) is 11.4 Å². The van der Waals surface area contributed by atoms with Gasteiger partial charge in [0.25, 0.3) is 0 Å². The highest BCUT2D eigenvalue weighted by molar-refractivity contribution is 6.00. The fourth-order valence-corrected chi connectivity index (χ4v) is 2.43. The molecule has 0 saturated carbocycles. The first-order chi connectivity index (χ1) is 9.19. The van der Waals surface area contributed by atoms with Gasteiger partial charge in [-0.2, -0.15) is 0 Å². The van der Waals surface area contributed by atoms with Crippen LogP contribution in [0.1, 0.15) is 6.92 Å². The Bertz CT molecular complexity index is 450. The van der Waals surface area contributed by atoms with Crippen molar-refractivity contribution in [3.8, 4) is 0 Å². The molecule has 1 aromatic carbocycles. The molecule has 104 valence electrons. The van der Waals surface area contributed by atoms with Crippen LogP contribution in [0.5, 0.6) is 0 Å². The fourth-order valence-electron chi connectivity index (χ4n) is 2.43. The zero-order valence-corrected chi connectivity index (χ0v) is 11.5. The first kappa shape index (κ1) is 13.8. The molecule has 1 aliphatic rings. The summed E-state index contributed by atoms with van der Waals surface area (Å²) in [6.07, 6.45) is 0. The van der Waals surface area contributed by atoms with Crippen LogP contribution in [0.15, 0.2) is 24.3 Å². The van der Waals surface area contributed by atoms with E-state index in [0.29, 0.717) is 6.54 Å². The van der Waals surface area contributed by atoms with Crippen LogP contribution in [-0.4, -0.2) is 45.3 Å². The molecule has 0 fully saturated rings. The topological polar surface area (TPSA) is 58.8 Å². The van der Waals surface area contributed by atoms with Crippen LogP contribution in [0.2, 0.25) is 0 Å². The van der Waals surface area contributed by atoms with E-state index in [4.69, 9.17) is 10.5 Å². The third kappa shape index (κ3) is 2.72. The smallest absolute Gasteiger partial charge is 0.246 e. The van der Waals surface area contributed by atoms with Crippen LogP contribution < -0.4 is 15.5 Å². The molecule has 19 heavy (non-hydrogen) atoms. The van der Waals surface area contributed by atoms with Crippen molar-refractivity contribution in [3.05, 3.63) is 24.3 Å². The molecule has 1 atom stereocenters. The van der Waals surface area contributed by atoms with E-state index in [9.17, 15) is 4.79 Å². The number of carbonyl (C=O) groups is 1. The molecule has 0 aliphatic carbocycles. The van der Waals surface area contributed by atoms with Crippen molar-refractivity contribution in [2.75, 3.05) is 43.2 Å². The van der Waals surface area contributed by atoms with Gasteiger partial charge in [-0.3, -0.25) is 4.79 Å². The molecule has 2 rings (SSSR count). The maximum absolute atomic E-state index is 12.3. The molecule has 5 heteroatoms. The zero-order chi connectivity index (χ0) is 13.8. The van der Waals surface area contributed by atoms with Gasteiger partial charge in [0.05, 0.1) is 18.0 Å². The van der Waals surface area contributed by atoms with Crippen molar-refractivity contribution in [1.82, 2.24) is 0 Å². The second kappa shape index (κ2) is 6.04. The summed E-state index contributed by atoms with van der Waals surface area (Å²) >= 11 is 0. The summed E-state index contributed by atoms with van der Waals surface area (Å²) in [5.41, 5.74) is 7.88. The molecule has 0 aromatic heterocycles. The van der Waals surface area contributed by atoms with Crippen LogP contribution in [0, 0.1) is 0 Å². The van der Waals surface area contributed by atoms with Gasteiger partial charge in [0, 0.05) is 26.7 Å². The summed E-state index contributed by atoms with van der Waals surface area (Å²) < 4.78 is 4.96. The Morgan fingerprint density at radius 1 is 1.37 bits per heavy atom. The maximum Gasteiger partial charge on any atom is 0.246 e. The lowest BCUT2D eigenvalue weighted by atomic mass is 10.1. The number of para-hydroxylation sites is 2. The van der Waals surface area contributed by atoms with E-state index >= 15 is 0 Å². The van der Waals surface area contributed by atoms with Crippen molar-refractivity contribution >= 4 is 17.3 Å². The van der Waals surface area contributed by atoms with Crippen molar-refractivity contribution in [1.29, 1.82) is 0 Å². The summed E-state index contributed by atoms with van der Waals surface area (Å²) in [6, 6.07) is 7.34. The van der Waals surface area contributed by atoms with Crippen molar-refractivity contribution < 1.29 is 9.53 Å². The third-order valence-corrected chi connectivity index (χ3v) is 3.42. The number of methoxy groups -OCH3 is 1. The molecule has 5 nitrogen and oxygen atoms in total. The molecule has 0 bridgehead atoms. The van der Waals surface area contributed by atoms with Gasteiger partial charge in [0.15, 0.2) is 0 Å². The zero-order valence-electron chi connectivity index (χ0n) is 11.5. The average molecular weight is 263 g/mol. The van der Waals surface area contributed by atoms with Gasteiger partial charge in [-0.25, -0.2) is 0 Å². The van der Waals surface area contributed by atoms with E-state index in [-0.39, 0.29) is 12.5 Å². The van der Waals surface area contributed by atoms with Crippen LogP contribution in [0.3, 0.4) is 0 Å². The minimum absolute atomic E-state index is 0.0787. The van der Waals surface area contributed by atoms with Gasteiger partial charge >= 0.3 is 0 Å². The Balaban J connectivity index is 2.27. The number of ether oxygens (including phenoxy) is 1. The SMILES string of the molecule is CCN1CCN(C(=O)C(N)COC)c2ccccc21. The van der Waals surface area contributed by atoms with Crippen LogP contribution in [-0.2, 0) is 9.53 Å². The number of benzene rings is 1. The van der Waals surface area contributed by atoms with Crippen LogP contribution >= 0.6 is 0 Å². The highest BCUT2D eigenvalue weighted by atomic mass is 16.5. The molecule has 0 radical (unpaired) electrons. The average Bonchev–Trinajstić information content (AvgIpc) is 2.45. The highest BCUT2D eigenvalue weighted by Gasteiger charge is 2.28. The van der Waals surface area contributed by atoms with Gasteiger partial charge in [0.1, 0.15) is 6.04 Å². The third-order valence-electron chi connectivity index (χ3n) is 3.42. The molecular weight excluding hydrogens is 242 g/mol. The largest absolute Gasteiger partial charge is 0.383 e. The van der Waals surface area contributed by atoms with Crippen molar-refractivity contribution in [2.45, 2.75) is 13.0 Å². The maximum atomic E-state index is 12.3. The molecule has 1 amide bonds. The number of anilines is 2. The number of hydrogen-bond donors (Lipinski definition) is 1. The van der Waals surface area contributed by atoms with E-state index in [2.05, 4.69) is 11.8 Å². The molecule has 1 unspecified atom stereocenters. The summed E-state index contributed by atoms with van der Waals surface area (Å²) in [5, 5.41) is 0. The van der Waals surface area contributed by atoms with Crippen molar-refractivity contribution in [2.24, 2.45) is 5.73 Å². The Labute approximate surface area is 113 Å². The number of nitrogens with two attached hydrogens (primary N) is 1. The van der Waals surface area contributed by atoms with Gasteiger partial charge in [-0.1, -0.05) is 12.1 Å². The minimum Gasteiger partial charge on any atom is -0.383 e. The normalized spacial score (nSPS) is 16.2. The fraction of sp³-hybridized carbons (Fsp3) is 0.500. The van der Waals surface area contributed by atoms with Crippen LogP contribution in [0.25, 0.3) is 0 Å². The Morgan fingerprint density at radius 3 is 2.68 bits per heavy atom. The molecule has 0 spiro atoms. The minimum atomic E-state index is -0.605.